The van der Waals surface area contributed by atoms with E-state index in [1.807, 2.05) is 0 Å². The molecule has 2 heteroatoms. The molecule has 0 radical (unpaired) electrons. The van der Waals surface area contributed by atoms with Crippen molar-refractivity contribution in [3.8, 4) is 0 Å². The lowest BCUT2D eigenvalue weighted by Gasteiger charge is -2.29. The van der Waals surface area contributed by atoms with Crippen LogP contribution in [0.5, 0.6) is 0 Å². The Kier molecular flexibility index (Phi) is 8.44. The summed E-state index contributed by atoms with van der Waals surface area (Å²) in [5.74, 6) is 0.708. The van der Waals surface area contributed by atoms with Gasteiger partial charge in [-0.05, 0) is 50.4 Å². The summed E-state index contributed by atoms with van der Waals surface area (Å²) in [5.41, 5.74) is 2.73. The third kappa shape index (κ3) is 6.99. The quantitative estimate of drug-likeness (QED) is 0.620. The van der Waals surface area contributed by atoms with Gasteiger partial charge in [-0.1, -0.05) is 45.7 Å². The largest absolute Gasteiger partial charge is 0.369 e. The predicted octanol–water partition coefficient (Wildman–Crippen LogP) is 4.84. The van der Waals surface area contributed by atoms with Crippen molar-refractivity contribution in [3.63, 3.8) is 0 Å². The maximum absolute atomic E-state index is 3.50. The molecule has 0 amide bonds. The van der Waals surface area contributed by atoms with Crippen LogP contribution in [0.3, 0.4) is 0 Å². The van der Waals surface area contributed by atoms with E-state index < -0.39 is 0 Å². The van der Waals surface area contributed by atoms with Crippen LogP contribution >= 0.6 is 0 Å². The number of nitrogens with one attached hydrogen (secondary N) is 1. The molecule has 0 aliphatic carbocycles. The van der Waals surface area contributed by atoms with Gasteiger partial charge in [-0.15, -0.1) is 0 Å². The minimum absolute atomic E-state index is 0.562. The van der Waals surface area contributed by atoms with Gasteiger partial charge in [0.2, 0.25) is 0 Å². The van der Waals surface area contributed by atoms with Gasteiger partial charge in [0.25, 0.3) is 0 Å². The molecule has 0 saturated carbocycles. The topological polar surface area (TPSA) is 15.3 Å². The standard InChI is InChI=1S/C19H34N2/c1-6-7-8-13-21(17(4)5)19-11-9-18(10-12-19)15-20-14-16(2)3/h9-12,16-17,20H,6-8,13-15H2,1-5H3. The molecular weight excluding hydrogens is 256 g/mol. The van der Waals surface area contributed by atoms with Gasteiger partial charge in [0.15, 0.2) is 0 Å². The molecule has 1 aromatic carbocycles. The fraction of sp³-hybridized carbons (Fsp3) is 0.684. The third-order valence-electron chi connectivity index (χ3n) is 3.78. The van der Waals surface area contributed by atoms with Crippen LogP contribution in [0.15, 0.2) is 24.3 Å². The smallest absolute Gasteiger partial charge is 0.0368 e. The fourth-order valence-electron chi connectivity index (χ4n) is 2.53. The molecule has 0 aliphatic heterocycles. The molecule has 1 rings (SSSR count). The highest BCUT2D eigenvalue weighted by Gasteiger charge is 2.09. The molecule has 0 heterocycles. The summed E-state index contributed by atoms with van der Waals surface area (Å²) in [4.78, 5) is 2.51. The first-order valence-electron chi connectivity index (χ1n) is 8.60. The molecule has 21 heavy (non-hydrogen) atoms. The highest BCUT2D eigenvalue weighted by atomic mass is 15.1. The Hall–Kier alpha value is -1.02. The van der Waals surface area contributed by atoms with E-state index in [0.29, 0.717) is 12.0 Å². The Balaban J connectivity index is 2.56. The Labute approximate surface area is 131 Å². The fourth-order valence-corrected chi connectivity index (χ4v) is 2.53. The summed E-state index contributed by atoms with van der Waals surface area (Å²) < 4.78 is 0. The van der Waals surface area contributed by atoms with Gasteiger partial charge in [-0.25, -0.2) is 0 Å². The summed E-state index contributed by atoms with van der Waals surface area (Å²) in [6, 6.07) is 9.64. The Morgan fingerprint density at radius 3 is 2.19 bits per heavy atom. The van der Waals surface area contributed by atoms with E-state index in [9.17, 15) is 0 Å². The number of unbranched alkanes of at least 4 members (excludes halogenated alkanes) is 2. The van der Waals surface area contributed by atoms with Crippen molar-refractivity contribution in [1.29, 1.82) is 0 Å². The maximum Gasteiger partial charge on any atom is 0.0368 e. The SMILES string of the molecule is CCCCCN(c1ccc(CNCC(C)C)cc1)C(C)C. The van der Waals surface area contributed by atoms with Crippen molar-refractivity contribution >= 4 is 5.69 Å². The van der Waals surface area contributed by atoms with Gasteiger partial charge in [0.05, 0.1) is 0 Å². The second-order valence-corrected chi connectivity index (χ2v) is 6.69. The van der Waals surface area contributed by atoms with E-state index in [2.05, 4.69) is 69.1 Å². The summed E-state index contributed by atoms with van der Waals surface area (Å²) >= 11 is 0. The molecule has 2 nitrogen and oxygen atoms in total. The number of benzene rings is 1. The molecule has 0 saturated heterocycles. The van der Waals surface area contributed by atoms with Gasteiger partial charge in [0.1, 0.15) is 0 Å². The summed E-state index contributed by atoms with van der Waals surface area (Å²) in [7, 11) is 0. The van der Waals surface area contributed by atoms with Crippen LogP contribution in [0.4, 0.5) is 5.69 Å². The molecule has 0 aliphatic rings. The van der Waals surface area contributed by atoms with Crippen molar-refractivity contribution in [3.05, 3.63) is 29.8 Å². The lowest BCUT2D eigenvalue weighted by Crippen LogP contribution is -2.31. The summed E-state index contributed by atoms with van der Waals surface area (Å²) in [5, 5.41) is 3.50. The Morgan fingerprint density at radius 1 is 1.00 bits per heavy atom. The van der Waals surface area contributed by atoms with Crippen molar-refractivity contribution in [2.75, 3.05) is 18.0 Å². The van der Waals surface area contributed by atoms with Gasteiger partial charge >= 0.3 is 0 Å². The molecule has 0 fully saturated rings. The van der Waals surface area contributed by atoms with Crippen molar-refractivity contribution in [1.82, 2.24) is 5.32 Å². The summed E-state index contributed by atoms with van der Waals surface area (Å²) in [6.45, 7) is 14.5. The van der Waals surface area contributed by atoms with Gasteiger partial charge in [-0.3, -0.25) is 0 Å². The third-order valence-corrected chi connectivity index (χ3v) is 3.78. The van der Waals surface area contributed by atoms with Gasteiger partial charge < -0.3 is 10.2 Å². The Morgan fingerprint density at radius 2 is 1.67 bits per heavy atom. The lowest BCUT2D eigenvalue weighted by molar-refractivity contribution is 0.552. The van der Waals surface area contributed by atoms with E-state index >= 15 is 0 Å². The molecule has 1 N–H and O–H groups in total. The zero-order chi connectivity index (χ0) is 15.7. The number of rotatable bonds is 10. The van der Waals surface area contributed by atoms with Crippen molar-refractivity contribution in [2.45, 2.75) is 66.5 Å². The maximum atomic E-state index is 3.50. The first-order chi connectivity index (χ1) is 10.0. The average Bonchev–Trinajstić information content (AvgIpc) is 2.44. The van der Waals surface area contributed by atoms with Crippen LogP contribution in [0, 0.1) is 5.92 Å². The second kappa shape index (κ2) is 9.83. The average molecular weight is 290 g/mol. The van der Waals surface area contributed by atoms with Crippen LogP contribution in [0.2, 0.25) is 0 Å². The molecule has 0 aromatic heterocycles. The first-order valence-corrected chi connectivity index (χ1v) is 8.60. The number of hydrogen-bond acceptors (Lipinski definition) is 2. The van der Waals surface area contributed by atoms with Crippen LogP contribution < -0.4 is 10.2 Å². The van der Waals surface area contributed by atoms with E-state index in [4.69, 9.17) is 0 Å². The van der Waals surface area contributed by atoms with Gasteiger partial charge in [-0.2, -0.15) is 0 Å². The molecule has 0 spiro atoms. The van der Waals surface area contributed by atoms with E-state index in [0.717, 1.165) is 19.6 Å². The van der Waals surface area contributed by atoms with Crippen LogP contribution in [0.25, 0.3) is 0 Å². The second-order valence-electron chi connectivity index (χ2n) is 6.69. The molecular formula is C19H34N2. The molecule has 0 bridgehead atoms. The minimum Gasteiger partial charge on any atom is -0.369 e. The normalized spacial score (nSPS) is 11.4. The number of anilines is 1. The predicted molar refractivity (Wildman–Crippen MR) is 95.0 cm³/mol. The molecule has 0 unspecified atom stereocenters. The van der Waals surface area contributed by atoms with E-state index in [-0.39, 0.29) is 0 Å². The monoisotopic (exact) mass is 290 g/mol. The van der Waals surface area contributed by atoms with Crippen molar-refractivity contribution < 1.29 is 0 Å². The van der Waals surface area contributed by atoms with E-state index in [1.165, 1.54) is 30.5 Å². The van der Waals surface area contributed by atoms with Crippen LogP contribution in [0.1, 0.15) is 59.4 Å². The van der Waals surface area contributed by atoms with Gasteiger partial charge in [0, 0.05) is 24.8 Å². The van der Waals surface area contributed by atoms with Crippen LogP contribution in [-0.4, -0.2) is 19.1 Å². The number of nitrogens with zero attached hydrogens (tertiary/aromatic N) is 1. The summed E-state index contributed by atoms with van der Waals surface area (Å²) in [6.07, 6.45) is 3.89. The van der Waals surface area contributed by atoms with Crippen molar-refractivity contribution in [2.24, 2.45) is 5.92 Å². The molecule has 1 aromatic rings. The number of hydrogen-bond donors (Lipinski definition) is 1. The minimum atomic E-state index is 0.562. The highest BCUT2D eigenvalue weighted by molar-refractivity contribution is 5.48. The molecule has 0 atom stereocenters. The van der Waals surface area contributed by atoms with Crippen LogP contribution in [-0.2, 0) is 6.54 Å². The Bertz CT molecular complexity index is 368. The lowest BCUT2D eigenvalue weighted by atomic mass is 10.1. The zero-order valence-electron chi connectivity index (χ0n) is 14.7. The molecule has 120 valence electrons. The van der Waals surface area contributed by atoms with E-state index in [1.54, 1.807) is 0 Å². The zero-order valence-corrected chi connectivity index (χ0v) is 14.7. The highest BCUT2D eigenvalue weighted by Crippen LogP contribution is 2.19. The first kappa shape index (κ1) is 18.0.